The highest BCUT2D eigenvalue weighted by atomic mass is 16.3. The Morgan fingerprint density at radius 2 is 2.29 bits per heavy atom. The lowest BCUT2D eigenvalue weighted by atomic mass is 9.79. The summed E-state index contributed by atoms with van der Waals surface area (Å²) in [4.78, 5) is 2.51. The first-order chi connectivity index (χ1) is 8.31. The van der Waals surface area contributed by atoms with E-state index >= 15 is 0 Å². The molecule has 0 aromatic heterocycles. The van der Waals surface area contributed by atoms with Gasteiger partial charge in [-0.2, -0.15) is 0 Å². The second kappa shape index (κ2) is 4.19. The number of benzene rings is 1. The van der Waals surface area contributed by atoms with Crippen LogP contribution in [0.5, 0.6) is 5.75 Å². The molecule has 1 heterocycles. The Balaban J connectivity index is 1.96. The molecule has 3 rings (SSSR count). The van der Waals surface area contributed by atoms with E-state index in [0.29, 0.717) is 17.7 Å². The number of likely N-dealkylation sites (tertiary alicyclic amines) is 1. The minimum atomic E-state index is 0.498. The van der Waals surface area contributed by atoms with Gasteiger partial charge in [0.25, 0.3) is 0 Å². The smallest absolute Gasteiger partial charge is 0.119 e. The molecule has 0 spiro atoms. The van der Waals surface area contributed by atoms with E-state index in [9.17, 15) is 5.11 Å². The highest BCUT2D eigenvalue weighted by Gasteiger charge is 2.39. The number of rotatable bonds is 2. The first-order valence-corrected chi connectivity index (χ1v) is 6.47. The largest absolute Gasteiger partial charge is 0.508 e. The molecule has 1 aliphatic heterocycles. The fourth-order valence-electron chi connectivity index (χ4n) is 3.58. The zero-order valence-electron chi connectivity index (χ0n) is 10.1. The standard InChI is InChI=1S/C15H19NO/c1-2-9-16-10-8-12-13(16)7-6-11-4-3-5-14(17)15(11)12/h2-5,12-13,17H,1,6-10H2/t12-,13+/m0/s1. The van der Waals surface area contributed by atoms with Crippen molar-refractivity contribution < 1.29 is 5.11 Å². The number of hydrogen-bond acceptors (Lipinski definition) is 2. The van der Waals surface area contributed by atoms with Crippen molar-refractivity contribution in [2.75, 3.05) is 13.1 Å². The van der Waals surface area contributed by atoms with E-state index in [1.54, 1.807) is 0 Å². The molecule has 0 radical (unpaired) electrons. The molecule has 90 valence electrons. The Labute approximate surface area is 103 Å². The van der Waals surface area contributed by atoms with Crippen LogP contribution >= 0.6 is 0 Å². The number of aromatic hydroxyl groups is 1. The molecule has 1 aliphatic carbocycles. The molecule has 2 atom stereocenters. The summed E-state index contributed by atoms with van der Waals surface area (Å²) in [5.74, 6) is 1.03. The van der Waals surface area contributed by atoms with Gasteiger partial charge in [0.2, 0.25) is 0 Å². The number of hydrogen-bond donors (Lipinski definition) is 1. The van der Waals surface area contributed by atoms with E-state index < -0.39 is 0 Å². The number of nitrogens with zero attached hydrogens (tertiary/aromatic N) is 1. The summed E-state index contributed by atoms with van der Waals surface area (Å²) in [7, 11) is 0. The zero-order chi connectivity index (χ0) is 11.8. The maximum absolute atomic E-state index is 10.1. The van der Waals surface area contributed by atoms with E-state index in [1.165, 1.54) is 24.0 Å². The van der Waals surface area contributed by atoms with Crippen molar-refractivity contribution in [3.8, 4) is 5.75 Å². The normalized spacial score (nSPS) is 27.5. The molecule has 0 bridgehead atoms. The number of phenolic OH excluding ortho intramolecular Hbond substituents is 1. The van der Waals surface area contributed by atoms with Crippen molar-refractivity contribution in [1.29, 1.82) is 0 Å². The van der Waals surface area contributed by atoms with Crippen LogP contribution in [-0.4, -0.2) is 29.1 Å². The zero-order valence-corrected chi connectivity index (χ0v) is 10.1. The molecule has 0 saturated carbocycles. The Morgan fingerprint density at radius 3 is 3.12 bits per heavy atom. The summed E-state index contributed by atoms with van der Waals surface area (Å²) in [5, 5.41) is 10.1. The number of fused-ring (bicyclic) bond motifs is 3. The van der Waals surface area contributed by atoms with Crippen molar-refractivity contribution in [1.82, 2.24) is 4.90 Å². The average Bonchev–Trinajstić information content (AvgIpc) is 2.73. The van der Waals surface area contributed by atoms with Gasteiger partial charge in [0.15, 0.2) is 0 Å². The summed E-state index contributed by atoms with van der Waals surface area (Å²) < 4.78 is 0. The lowest BCUT2D eigenvalue weighted by Gasteiger charge is -2.33. The monoisotopic (exact) mass is 229 g/mol. The molecule has 2 nitrogen and oxygen atoms in total. The molecule has 17 heavy (non-hydrogen) atoms. The summed E-state index contributed by atoms with van der Waals surface area (Å²) >= 11 is 0. The third kappa shape index (κ3) is 1.67. The molecule has 1 N–H and O–H groups in total. The second-order valence-corrected chi connectivity index (χ2v) is 5.13. The minimum Gasteiger partial charge on any atom is -0.508 e. The van der Waals surface area contributed by atoms with Gasteiger partial charge in [-0.1, -0.05) is 18.2 Å². The predicted molar refractivity (Wildman–Crippen MR) is 69.3 cm³/mol. The fourth-order valence-corrected chi connectivity index (χ4v) is 3.58. The molecule has 2 aliphatic rings. The van der Waals surface area contributed by atoms with E-state index in [0.717, 1.165) is 19.5 Å². The third-order valence-corrected chi connectivity index (χ3v) is 4.28. The number of phenols is 1. The fraction of sp³-hybridized carbons (Fsp3) is 0.467. The van der Waals surface area contributed by atoms with Crippen molar-refractivity contribution in [2.24, 2.45) is 0 Å². The first-order valence-electron chi connectivity index (χ1n) is 6.47. The van der Waals surface area contributed by atoms with Crippen LogP contribution in [0.25, 0.3) is 0 Å². The van der Waals surface area contributed by atoms with Crippen LogP contribution in [0.2, 0.25) is 0 Å². The van der Waals surface area contributed by atoms with Crippen LogP contribution in [0.1, 0.15) is 29.9 Å². The quantitative estimate of drug-likeness (QED) is 0.788. The van der Waals surface area contributed by atoms with Crippen LogP contribution in [-0.2, 0) is 6.42 Å². The van der Waals surface area contributed by atoms with E-state index in [-0.39, 0.29) is 0 Å². The SMILES string of the molecule is C=CCN1CC[C@@H]2c3c(O)cccc3CC[C@H]21. The van der Waals surface area contributed by atoms with E-state index in [2.05, 4.69) is 17.5 Å². The Morgan fingerprint density at radius 1 is 1.41 bits per heavy atom. The van der Waals surface area contributed by atoms with Gasteiger partial charge in [0.1, 0.15) is 5.75 Å². The molecule has 1 aromatic carbocycles. The summed E-state index contributed by atoms with van der Waals surface area (Å²) in [6.07, 6.45) is 5.47. The second-order valence-electron chi connectivity index (χ2n) is 5.13. The van der Waals surface area contributed by atoms with Crippen molar-refractivity contribution in [2.45, 2.75) is 31.2 Å². The highest BCUT2D eigenvalue weighted by molar-refractivity contribution is 5.45. The summed E-state index contributed by atoms with van der Waals surface area (Å²) in [5.41, 5.74) is 2.57. The van der Waals surface area contributed by atoms with Crippen LogP contribution in [0.4, 0.5) is 0 Å². The van der Waals surface area contributed by atoms with Gasteiger partial charge in [-0.3, -0.25) is 4.90 Å². The van der Waals surface area contributed by atoms with Gasteiger partial charge < -0.3 is 5.11 Å². The van der Waals surface area contributed by atoms with Crippen LogP contribution in [0.15, 0.2) is 30.9 Å². The van der Waals surface area contributed by atoms with E-state index in [1.807, 2.05) is 18.2 Å². The highest BCUT2D eigenvalue weighted by Crippen LogP contribution is 2.44. The molecule has 0 amide bonds. The molecule has 1 fully saturated rings. The summed E-state index contributed by atoms with van der Waals surface area (Å²) in [6.45, 7) is 5.94. The van der Waals surface area contributed by atoms with Gasteiger partial charge in [0.05, 0.1) is 0 Å². The Kier molecular flexibility index (Phi) is 2.67. The Hall–Kier alpha value is -1.28. The lowest BCUT2D eigenvalue weighted by Crippen LogP contribution is -2.35. The van der Waals surface area contributed by atoms with Gasteiger partial charge in [-0.25, -0.2) is 0 Å². The van der Waals surface area contributed by atoms with Gasteiger partial charge in [0, 0.05) is 24.1 Å². The number of aryl methyl sites for hydroxylation is 1. The van der Waals surface area contributed by atoms with Crippen LogP contribution < -0.4 is 0 Å². The Bertz CT molecular complexity index is 441. The minimum absolute atomic E-state index is 0.498. The first kappa shape index (κ1) is 10.8. The summed E-state index contributed by atoms with van der Waals surface area (Å²) in [6, 6.07) is 6.57. The topological polar surface area (TPSA) is 23.5 Å². The molecule has 1 saturated heterocycles. The predicted octanol–water partition coefficient (Wildman–Crippen LogP) is 2.68. The van der Waals surface area contributed by atoms with Crippen molar-refractivity contribution in [3.63, 3.8) is 0 Å². The molecule has 2 heteroatoms. The maximum Gasteiger partial charge on any atom is 0.119 e. The molecule has 0 unspecified atom stereocenters. The van der Waals surface area contributed by atoms with Crippen LogP contribution in [0.3, 0.4) is 0 Å². The molecular weight excluding hydrogens is 210 g/mol. The molecular formula is C15H19NO. The van der Waals surface area contributed by atoms with Gasteiger partial charge in [-0.15, -0.1) is 6.58 Å². The van der Waals surface area contributed by atoms with E-state index in [4.69, 9.17) is 0 Å². The van der Waals surface area contributed by atoms with Crippen LogP contribution in [0, 0.1) is 0 Å². The lowest BCUT2D eigenvalue weighted by molar-refractivity contribution is 0.247. The van der Waals surface area contributed by atoms with Crippen molar-refractivity contribution in [3.05, 3.63) is 42.0 Å². The maximum atomic E-state index is 10.1. The third-order valence-electron chi connectivity index (χ3n) is 4.28. The average molecular weight is 229 g/mol. The van der Waals surface area contributed by atoms with Gasteiger partial charge in [-0.05, 0) is 37.4 Å². The van der Waals surface area contributed by atoms with Crippen molar-refractivity contribution >= 4 is 0 Å². The molecule has 1 aromatic rings. The van der Waals surface area contributed by atoms with Gasteiger partial charge >= 0.3 is 0 Å².